The third kappa shape index (κ3) is 3.57. The Labute approximate surface area is 97.0 Å². The van der Waals surface area contributed by atoms with Crippen molar-refractivity contribution in [2.45, 2.75) is 38.5 Å². The van der Waals surface area contributed by atoms with E-state index in [2.05, 4.69) is 0 Å². The van der Waals surface area contributed by atoms with E-state index in [4.69, 9.17) is 5.11 Å². The molecule has 1 aliphatic rings. The third-order valence-electron chi connectivity index (χ3n) is 2.98. The van der Waals surface area contributed by atoms with Gasteiger partial charge in [-0.3, -0.25) is 14.4 Å². The number of carboxylic acids is 1. The van der Waals surface area contributed by atoms with Crippen molar-refractivity contribution in [3.05, 3.63) is 0 Å². The second-order valence-corrected chi connectivity index (χ2v) is 4.50. The number of rotatable bonds is 4. The van der Waals surface area contributed by atoms with Crippen molar-refractivity contribution in [2.24, 2.45) is 11.8 Å². The summed E-state index contributed by atoms with van der Waals surface area (Å²) in [5.41, 5.74) is 0. The van der Waals surface area contributed by atoms with Crippen LogP contribution < -0.4 is 0 Å². The average molecular weight is 248 g/mol. The minimum atomic E-state index is -3.03. The van der Waals surface area contributed by atoms with Crippen molar-refractivity contribution >= 4 is 17.5 Å². The van der Waals surface area contributed by atoms with Crippen LogP contribution in [0.5, 0.6) is 0 Å². The molecule has 0 bridgehead atoms. The molecule has 0 radical (unpaired) electrons. The van der Waals surface area contributed by atoms with Crippen LogP contribution in [0.1, 0.15) is 32.6 Å². The van der Waals surface area contributed by atoms with E-state index < -0.39 is 42.4 Å². The molecule has 0 aromatic carbocycles. The Morgan fingerprint density at radius 2 is 1.88 bits per heavy atom. The molecule has 1 rings (SSSR count). The molecular formula is C11H14F2O4. The van der Waals surface area contributed by atoms with Gasteiger partial charge in [0.05, 0.1) is 12.3 Å². The van der Waals surface area contributed by atoms with Crippen LogP contribution in [0.3, 0.4) is 0 Å². The fourth-order valence-corrected chi connectivity index (χ4v) is 2.16. The zero-order valence-electron chi connectivity index (χ0n) is 9.41. The lowest BCUT2D eigenvalue weighted by atomic mass is 9.74. The van der Waals surface area contributed by atoms with Gasteiger partial charge in [0.15, 0.2) is 0 Å². The summed E-state index contributed by atoms with van der Waals surface area (Å²) in [5, 5.41) is 8.85. The summed E-state index contributed by atoms with van der Waals surface area (Å²) in [6.45, 7) is 1.21. The Kier molecular flexibility index (Phi) is 3.95. The lowest BCUT2D eigenvalue weighted by Gasteiger charge is -2.32. The molecule has 1 aliphatic carbocycles. The molecule has 6 heteroatoms. The van der Waals surface area contributed by atoms with Gasteiger partial charge in [-0.25, -0.2) is 8.78 Å². The number of hydrogen-bond donors (Lipinski definition) is 1. The van der Waals surface area contributed by atoms with Crippen molar-refractivity contribution in [2.75, 3.05) is 0 Å². The molecule has 0 aromatic rings. The van der Waals surface area contributed by atoms with E-state index in [-0.39, 0.29) is 18.6 Å². The van der Waals surface area contributed by atoms with E-state index in [1.807, 2.05) is 0 Å². The Hall–Kier alpha value is -1.33. The van der Waals surface area contributed by atoms with Gasteiger partial charge in [0, 0.05) is 18.8 Å². The molecule has 4 nitrogen and oxygen atoms in total. The van der Waals surface area contributed by atoms with Gasteiger partial charge in [-0.05, 0) is 13.3 Å². The molecule has 0 spiro atoms. The molecule has 0 aliphatic heterocycles. The molecule has 1 saturated carbocycles. The lowest BCUT2D eigenvalue weighted by molar-refractivity contribution is -0.157. The Morgan fingerprint density at radius 1 is 1.29 bits per heavy atom. The molecule has 96 valence electrons. The van der Waals surface area contributed by atoms with Crippen molar-refractivity contribution in [1.82, 2.24) is 0 Å². The first-order valence-electron chi connectivity index (χ1n) is 5.36. The summed E-state index contributed by atoms with van der Waals surface area (Å²) in [7, 11) is 0. The standard InChI is InChI=1S/C11H14F2O4/c1-6(14)4-9(15)7-2-3-11(12,13)5-8(7)10(16)17/h7-8H,2-5H2,1H3,(H,16,17). The van der Waals surface area contributed by atoms with Crippen LogP contribution in [0, 0.1) is 11.8 Å². The van der Waals surface area contributed by atoms with Crippen molar-refractivity contribution in [1.29, 1.82) is 0 Å². The van der Waals surface area contributed by atoms with Crippen molar-refractivity contribution in [3.8, 4) is 0 Å². The highest BCUT2D eigenvalue weighted by molar-refractivity contribution is 6.00. The van der Waals surface area contributed by atoms with Gasteiger partial charge in [0.25, 0.3) is 0 Å². The number of aliphatic carboxylic acids is 1. The first-order valence-corrected chi connectivity index (χ1v) is 5.36. The maximum Gasteiger partial charge on any atom is 0.307 e. The van der Waals surface area contributed by atoms with Gasteiger partial charge in [-0.2, -0.15) is 0 Å². The number of carbonyl (C=O) groups is 3. The highest BCUT2D eigenvalue weighted by Crippen LogP contribution is 2.41. The smallest absolute Gasteiger partial charge is 0.307 e. The van der Waals surface area contributed by atoms with E-state index in [1.54, 1.807) is 0 Å². The second kappa shape index (κ2) is 4.89. The Morgan fingerprint density at radius 3 is 2.35 bits per heavy atom. The Balaban J connectivity index is 2.80. The zero-order valence-corrected chi connectivity index (χ0v) is 9.41. The monoisotopic (exact) mass is 248 g/mol. The predicted octanol–water partition coefficient (Wildman–Crippen LogP) is 1.67. The number of Topliss-reactive ketones (excluding diaryl/α,β-unsaturated/α-hetero) is 2. The van der Waals surface area contributed by atoms with Crippen LogP contribution in [-0.2, 0) is 14.4 Å². The molecule has 0 amide bonds. The molecule has 0 saturated heterocycles. The first-order chi connectivity index (χ1) is 7.73. The van der Waals surface area contributed by atoms with Gasteiger partial charge in [-0.1, -0.05) is 0 Å². The maximum atomic E-state index is 13.1. The normalized spacial score (nSPS) is 27.5. The van der Waals surface area contributed by atoms with Gasteiger partial charge in [0.2, 0.25) is 5.92 Å². The summed E-state index contributed by atoms with van der Waals surface area (Å²) in [4.78, 5) is 33.3. The highest BCUT2D eigenvalue weighted by Gasteiger charge is 2.47. The minimum Gasteiger partial charge on any atom is -0.481 e. The number of carbonyl (C=O) groups excluding carboxylic acids is 2. The topological polar surface area (TPSA) is 71.4 Å². The van der Waals surface area contributed by atoms with Crippen molar-refractivity contribution in [3.63, 3.8) is 0 Å². The lowest BCUT2D eigenvalue weighted by Crippen LogP contribution is -2.40. The third-order valence-corrected chi connectivity index (χ3v) is 2.98. The Bertz CT molecular complexity index is 351. The molecule has 1 N–H and O–H groups in total. The van der Waals surface area contributed by atoms with Crippen molar-refractivity contribution < 1.29 is 28.3 Å². The SMILES string of the molecule is CC(=O)CC(=O)C1CCC(F)(F)CC1C(=O)O. The number of ketones is 2. The highest BCUT2D eigenvalue weighted by atomic mass is 19.3. The number of alkyl halides is 2. The molecule has 2 unspecified atom stereocenters. The van der Waals surface area contributed by atoms with Gasteiger partial charge in [-0.15, -0.1) is 0 Å². The fraction of sp³-hybridized carbons (Fsp3) is 0.727. The van der Waals surface area contributed by atoms with Gasteiger partial charge < -0.3 is 5.11 Å². The number of halogens is 2. The molecular weight excluding hydrogens is 234 g/mol. The number of hydrogen-bond acceptors (Lipinski definition) is 3. The van der Waals surface area contributed by atoms with Crippen LogP contribution in [0.15, 0.2) is 0 Å². The summed E-state index contributed by atoms with van der Waals surface area (Å²) >= 11 is 0. The van der Waals surface area contributed by atoms with E-state index in [9.17, 15) is 23.2 Å². The van der Waals surface area contributed by atoms with Crippen LogP contribution in [0.4, 0.5) is 8.78 Å². The largest absolute Gasteiger partial charge is 0.481 e. The second-order valence-electron chi connectivity index (χ2n) is 4.50. The quantitative estimate of drug-likeness (QED) is 0.768. The predicted molar refractivity (Wildman–Crippen MR) is 53.7 cm³/mol. The van der Waals surface area contributed by atoms with E-state index >= 15 is 0 Å². The average Bonchev–Trinajstić information content (AvgIpc) is 2.14. The molecule has 1 fully saturated rings. The molecule has 2 atom stereocenters. The summed E-state index contributed by atoms with van der Waals surface area (Å²) in [6.07, 6.45) is -1.86. The molecule has 17 heavy (non-hydrogen) atoms. The van der Waals surface area contributed by atoms with Gasteiger partial charge in [0.1, 0.15) is 11.6 Å². The minimum absolute atomic E-state index is 0.171. The summed E-state index contributed by atoms with van der Waals surface area (Å²) in [6, 6.07) is 0. The molecule has 0 heterocycles. The van der Waals surface area contributed by atoms with E-state index in [0.29, 0.717) is 0 Å². The van der Waals surface area contributed by atoms with Gasteiger partial charge >= 0.3 is 5.97 Å². The maximum absolute atomic E-state index is 13.1. The van der Waals surface area contributed by atoms with Crippen LogP contribution >= 0.6 is 0 Å². The van der Waals surface area contributed by atoms with Crippen LogP contribution in [0.25, 0.3) is 0 Å². The number of carboxylic acid groups (broad SMARTS) is 1. The van der Waals surface area contributed by atoms with E-state index in [1.165, 1.54) is 6.92 Å². The summed E-state index contributed by atoms with van der Waals surface area (Å²) < 4.78 is 26.1. The summed E-state index contributed by atoms with van der Waals surface area (Å²) in [5.74, 6) is -7.69. The molecule has 0 aromatic heterocycles. The van der Waals surface area contributed by atoms with Crippen LogP contribution in [0.2, 0.25) is 0 Å². The van der Waals surface area contributed by atoms with E-state index in [0.717, 1.165) is 0 Å². The fourth-order valence-electron chi connectivity index (χ4n) is 2.16. The zero-order chi connectivity index (χ0) is 13.2. The first kappa shape index (κ1) is 13.7. The van der Waals surface area contributed by atoms with Crippen LogP contribution in [-0.4, -0.2) is 28.6 Å².